The molecule has 0 aromatic rings. The standard InChI is InChI=1S/C6H4O3.Ca.2H/c7-5-3-1-2-4(3)6(8)9-5;;;/h1-2H2;;;/q;+2;2*-1. The van der Waals surface area contributed by atoms with Crippen LogP contribution >= 0.6 is 0 Å². The van der Waals surface area contributed by atoms with Gasteiger partial charge in [-0.3, -0.25) is 0 Å². The van der Waals surface area contributed by atoms with Gasteiger partial charge in [-0.15, -0.1) is 0 Å². The Bertz CT molecular complexity index is 225. The summed E-state index contributed by atoms with van der Waals surface area (Å²) in [5.74, 6) is -0.859. The summed E-state index contributed by atoms with van der Waals surface area (Å²) >= 11 is 0. The predicted octanol–water partition coefficient (Wildman–Crippen LogP) is 0.00440. The molecule has 0 aromatic heterocycles. The summed E-state index contributed by atoms with van der Waals surface area (Å²) in [5.41, 5.74) is 1.19. The van der Waals surface area contributed by atoms with Gasteiger partial charge < -0.3 is 7.59 Å². The van der Waals surface area contributed by atoms with E-state index in [2.05, 4.69) is 4.74 Å². The summed E-state index contributed by atoms with van der Waals surface area (Å²) in [6.07, 6.45) is 1.44. The fourth-order valence-corrected chi connectivity index (χ4v) is 1.03. The van der Waals surface area contributed by atoms with Gasteiger partial charge in [0.05, 0.1) is 0 Å². The Hall–Kier alpha value is 0.140. The largest absolute Gasteiger partial charge is 2.00 e. The fourth-order valence-electron chi connectivity index (χ4n) is 1.03. The Morgan fingerprint density at radius 2 is 1.50 bits per heavy atom. The molecule has 0 fully saturated rings. The van der Waals surface area contributed by atoms with Crippen molar-refractivity contribution >= 4 is 49.7 Å². The molecule has 0 N–H and O–H groups in total. The Labute approximate surface area is 90.4 Å². The van der Waals surface area contributed by atoms with E-state index < -0.39 is 11.9 Å². The first kappa shape index (κ1) is 8.24. The number of cyclic esters (lactones) is 2. The third-order valence-corrected chi connectivity index (χ3v) is 1.67. The molecule has 1 heterocycles. The van der Waals surface area contributed by atoms with E-state index in [1.807, 2.05) is 0 Å². The molecule has 3 nitrogen and oxygen atoms in total. The van der Waals surface area contributed by atoms with Crippen molar-refractivity contribution in [1.82, 2.24) is 0 Å². The molecule has 0 spiro atoms. The van der Waals surface area contributed by atoms with Gasteiger partial charge in [0.2, 0.25) is 0 Å². The Morgan fingerprint density at radius 1 is 1.10 bits per heavy atom. The van der Waals surface area contributed by atoms with Crippen LogP contribution in [0.5, 0.6) is 0 Å². The van der Waals surface area contributed by atoms with Gasteiger partial charge >= 0.3 is 49.7 Å². The zero-order valence-electron chi connectivity index (χ0n) is 7.35. The van der Waals surface area contributed by atoms with Gasteiger partial charge in [0, 0.05) is 11.1 Å². The molecule has 0 radical (unpaired) electrons. The number of carbonyl (C=O) groups is 2. The molecule has 50 valence electrons. The van der Waals surface area contributed by atoms with Crippen molar-refractivity contribution < 1.29 is 17.2 Å². The van der Waals surface area contributed by atoms with Crippen molar-refractivity contribution in [1.29, 1.82) is 0 Å². The predicted molar refractivity (Wildman–Crippen MR) is 35.3 cm³/mol. The molecule has 0 unspecified atom stereocenters. The number of ether oxygens (including phenoxy) is 1. The summed E-state index contributed by atoms with van der Waals surface area (Å²) in [6.45, 7) is 0. The van der Waals surface area contributed by atoms with E-state index >= 15 is 0 Å². The molecule has 1 aliphatic carbocycles. The topological polar surface area (TPSA) is 43.4 Å². The van der Waals surface area contributed by atoms with Crippen molar-refractivity contribution in [2.24, 2.45) is 0 Å². The van der Waals surface area contributed by atoms with Crippen LogP contribution in [0.25, 0.3) is 0 Å². The summed E-state index contributed by atoms with van der Waals surface area (Å²) < 4.78 is 4.30. The SMILES string of the molecule is O=C1OC(=O)C2=C1CC2.[Ca+2].[H-].[H-]. The maximum Gasteiger partial charge on any atom is 2.00 e. The molecule has 4 heteroatoms. The van der Waals surface area contributed by atoms with Crippen LogP contribution in [-0.4, -0.2) is 49.7 Å². The molecule has 1 aliphatic heterocycles. The molecule has 0 bridgehead atoms. The van der Waals surface area contributed by atoms with E-state index in [1.54, 1.807) is 0 Å². The number of carbonyl (C=O) groups excluding carboxylic acids is 2. The second kappa shape index (κ2) is 2.64. The van der Waals surface area contributed by atoms with Crippen molar-refractivity contribution in [3.8, 4) is 0 Å². The van der Waals surface area contributed by atoms with Crippen LogP contribution in [0.3, 0.4) is 0 Å². The van der Waals surface area contributed by atoms with E-state index in [0.29, 0.717) is 11.1 Å². The molecule has 2 aliphatic rings. The van der Waals surface area contributed by atoms with E-state index in [0.717, 1.165) is 12.8 Å². The van der Waals surface area contributed by atoms with Gasteiger partial charge in [0.25, 0.3) is 0 Å². The Morgan fingerprint density at radius 3 is 1.70 bits per heavy atom. The van der Waals surface area contributed by atoms with E-state index in [1.165, 1.54) is 0 Å². The summed E-state index contributed by atoms with van der Waals surface area (Å²) in [6, 6.07) is 0. The molecular formula is C6H6CaO3. The van der Waals surface area contributed by atoms with Crippen LogP contribution in [0, 0.1) is 0 Å². The Balaban J connectivity index is 0. The molecule has 0 saturated carbocycles. The minimum atomic E-state index is -0.429. The number of esters is 2. The molecule has 2 rings (SSSR count). The second-order valence-electron chi connectivity index (χ2n) is 2.13. The van der Waals surface area contributed by atoms with Crippen LogP contribution in [0.1, 0.15) is 15.7 Å². The molecule has 0 aromatic carbocycles. The third kappa shape index (κ3) is 0.928. The second-order valence-corrected chi connectivity index (χ2v) is 2.13. The summed E-state index contributed by atoms with van der Waals surface area (Å²) in [7, 11) is 0. The van der Waals surface area contributed by atoms with Gasteiger partial charge in [0.15, 0.2) is 0 Å². The minimum Gasteiger partial charge on any atom is -1.00 e. The quantitative estimate of drug-likeness (QED) is 0.289. The molecule has 10 heavy (non-hydrogen) atoms. The van der Waals surface area contributed by atoms with E-state index in [-0.39, 0.29) is 40.6 Å². The average Bonchev–Trinajstić information content (AvgIpc) is 1.73. The van der Waals surface area contributed by atoms with Crippen molar-refractivity contribution in [3.63, 3.8) is 0 Å². The molecule has 0 amide bonds. The van der Waals surface area contributed by atoms with Crippen molar-refractivity contribution in [2.75, 3.05) is 0 Å². The monoisotopic (exact) mass is 166 g/mol. The minimum absolute atomic E-state index is 0. The van der Waals surface area contributed by atoms with Crippen molar-refractivity contribution in [2.45, 2.75) is 12.8 Å². The van der Waals surface area contributed by atoms with Gasteiger partial charge in [-0.1, -0.05) is 0 Å². The molecule has 0 saturated heterocycles. The number of hydrogen-bond donors (Lipinski definition) is 0. The van der Waals surface area contributed by atoms with Crippen molar-refractivity contribution in [3.05, 3.63) is 11.1 Å². The van der Waals surface area contributed by atoms with Crippen LogP contribution in [0.2, 0.25) is 0 Å². The van der Waals surface area contributed by atoms with Crippen LogP contribution in [0.4, 0.5) is 0 Å². The van der Waals surface area contributed by atoms with Crippen LogP contribution in [0.15, 0.2) is 11.1 Å². The number of rotatable bonds is 0. The third-order valence-electron chi connectivity index (χ3n) is 1.67. The van der Waals surface area contributed by atoms with Gasteiger partial charge in [-0.05, 0) is 12.8 Å². The number of hydrogen-bond acceptors (Lipinski definition) is 3. The maximum absolute atomic E-state index is 10.5. The van der Waals surface area contributed by atoms with E-state index in [4.69, 9.17) is 0 Å². The van der Waals surface area contributed by atoms with Gasteiger partial charge in [-0.2, -0.15) is 0 Å². The first-order chi connectivity index (χ1) is 4.29. The summed E-state index contributed by atoms with van der Waals surface area (Å²) in [5, 5.41) is 0. The zero-order valence-corrected chi connectivity index (χ0v) is 7.55. The maximum atomic E-state index is 10.5. The Kier molecular flexibility index (Phi) is 2.18. The normalized spacial score (nSPS) is 21.2. The summed E-state index contributed by atoms with van der Waals surface area (Å²) in [4.78, 5) is 21.1. The van der Waals surface area contributed by atoms with Crippen LogP contribution < -0.4 is 0 Å². The first-order valence-electron chi connectivity index (χ1n) is 2.77. The zero-order chi connectivity index (χ0) is 6.43. The van der Waals surface area contributed by atoms with Crippen LogP contribution in [-0.2, 0) is 14.3 Å². The van der Waals surface area contributed by atoms with Gasteiger partial charge in [0.1, 0.15) is 0 Å². The van der Waals surface area contributed by atoms with E-state index in [9.17, 15) is 9.59 Å². The van der Waals surface area contributed by atoms with Gasteiger partial charge in [-0.25, -0.2) is 9.59 Å². The fraction of sp³-hybridized carbons (Fsp3) is 0.333. The average molecular weight is 166 g/mol. The smallest absolute Gasteiger partial charge is 1.00 e. The molecular weight excluding hydrogens is 160 g/mol. The molecule has 0 atom stereocenters. The first-order valence-corrected chi connectivity index (χ1v) is 2.77.